The lowest BCUT2D eigenvalue weighted by Gasteiger charge is -2.22. The number of hydrogen-bond acceptors (Lipinski definition) is 3. The quantitative estimate of drug-likeness (QED) is 0.434. The largest absolute Gasteiger partial charge is 0.294 e. The molecule has 1 amide bonds. The number of rotatable bonds is 6. The second-order valence-corrected chi connectivity index (χ2v) is 8.32. The fourth-order valence-electron chi connectivity index (χ4n) is 3.98. The Morgan fingerprint density at radius 3 is 2.50 bits per heavy atom. The van der Waals surface area contributed by atoms with Crippen LogP contribution in [0.3, 0.4) is 0 Å². The number of aliphatic imine (C=N–C) groups is 1. The lowest BCUT2D eigenvalue weighted by molar-refractivity contribution is -0.131. The van der Waals surface area contributed by atoms with Crippen LogP contribution in [-0.4, -0.2) is 22.2 Å². The molecule has 1 heterocycles. The first-order valence-electron chi connectivity index (χ1n) is 9.55. The van der Waals surface area contributed by atoms with Gasteiger partial charge in [0.25, 0.3) is 5.91 Å². The lowest BCUT2D eigenvalue weighted by atomic mass is 9.97. The highest BCUT2D eigenvalue weighted by molar-refractivity contribution is 9.11. The minimum absolute atomic E-state index is 0.153. The van der Waals surface area contributed by atoms with Crippen molar-refractivity contribution in [2.24, 2.45) is 4.99 Å². The van der Waals surface area contributed by atoms with Gasteiger partial charge >= 0.3 is 0 Å². The molecular weight excluding hydrogens is 414 g/mol. The number of nitriles is 1. The van der Waals surface area contributed by atoms with Crippen LogP contribution >= 0.6 is 15.9 Å². The maximum Gasteiger partial charge on any atom is 0.256 e. The first-order valence-corrected chi connectivity index (χ1v) is 10.3. The first-order chi connectivity index (χ1) is 13.4. The van der Waals surface area contributed by atoms with Gasteiger partial charge in [-0.25, -0.2) is 0 Å². The van der Waals surface area contributed by atoms with Crippen molar-refractivity contribution in [1.29, 1.82) is 5.26 Å². The number of carbonyl (C=O) groups excluding carboxylic acids is 1. The molecule has 1 spiro atoms. The molecule has 0 bridgehead atoms. The fraction of sp³-hybridized carbons (Fsp3) is 0.348. The minimum atomic E-state index is -0.498. The van der Waals surface area contributed by atoms with Crippen LogP contribution in [0.2, 0.25) is 0 Å². The van der Waals surface area contributed by atoms with Crippen LogP contribution in [0.5, 0.6) is 0 Å². The Bertz CT molecular complexity index is 912. The molecule has 2 aliphatic rings. The van der Waals surface area contributed by atoms with Gasteiger partial charge < -0.3 is 0 Å². The Labute approximate surface area is 175 Å². The molecule has 1 aliphatic heterocycles. The van der Waals surface area contributed by atoms with Gasteiger partial charge in [-0.05, 0) is 35.6 Å². The zero-order valence-electron chi connectivity index (χ0n) is 16.2. The molecule has 0 unspecified atom stereocenters. The Hall–Kier alpha value is -2.45. The van der Waals surface area contributed by atoms with Crippen molar-refractivity contribution in [1.82, 2.24) is 4.90 Å². The topological polar surface area (TPSA) is 56.5 Å². The van der Waals surface area contributed by atoms with Crippen LogP contribution in [-0.2, 0) is 11.3 Å². The van der Waals surface area contributed by atoms with E-state index in [1.807, 2.05) is 36.1 Å². The summed E-state index contributed by atoms with van der Waals surface area (Å²) >= 11 is 3.31. The van der Waals surface area contributed by atoms with Gasteiger partial charge in [0, 0.05) is 10.9 Å². The monoisotopic (exact) mass is 437 g/mol. The molecular formula is C23H24BrN3O. The highest BCUT2D eigenvalue weighted by atomic mass is 79.9. The Morgan fingerprint density at radius 2 is 1.96 bits per heavy atom. The molecule has 0 saturated heterocycles. The summed E-state index contributed by atoms with van der Waals surface area (Å²) in [7, 11) is 0. The number of nitrogens with zero attached hydrogens (tertiary/aromatic N) is 3. The van der Waals surface area contributed by atoms with Crippen molar-refractivity contribution in [3.63, 3.8) is 0 Å². The zero-order chi connectivity index (χ0) is 20.3. The summed E-state index contributed by atoms with van der Waals surface area (Å²) in [6.07, 6.45) is 6.43. The normalized spacial score (nSPS) is 18.3. The van der Waals surface area contributed by atoms with Crippen LogP contribution in [0.25, 0.3) is 5.57 Å². The molecule has 1 aliphatic carbocycles. The minimum Gasteiger partial charge on any atom is -0.294 e. The number of allylic oxidation sites excluding steroid dienone is 4. The average molecular weight is 438 g/mol. The van der Waals surface area contributed by atoms with Crippen LogP contribution in [0.4, 0.5) is 0 Å². The van der Waals surface area contributed by atoms with E-state index in [1.165, 1.54) is 0 Å². The van der Waals surface area contributed by atoms with Gasteiger partial charge in [0.05, 0.1) is 18.2 Å². The van der Waals surface area contributed by atoms with Gasteiger partial charge in [0.15, 0.2) is 0 Å². The van der Waals surface area contributed by atoms with Crippen LogP contribution in [0.1, 0.15) is 50.2 Å². The standard InChI is InChI=1S/C23H24BrN3O/c1-4-21-26-23(11-5-6-12-23)22(28)27(21)15-18-7-9-19(10-8-18)20(13-17(3)24)16(2)14-25/h7-10,13H,2-6,11-12,15H2,1H3/b20-13+. The molecule has 1 fully saturated rings. The third kappa shape index (κ3) is 3.88. The molecule has 1 aromatic carbocycles. The summed E-state index contributed by atoms with van der Waals surface area (Å²) in [6.45, 7) is 10.2. The van der Waals surface area contributed by atoms with Gasteiger partial charge in [-0.2, -0.15) is 5.26 Å². The van der Waals surface area contributed by atoms with Crippen molar-refractivity contribution < 1.29 is 4.79 Å². The fourth-order valence-corrected chi connectivity index (χ4v) is 4.20. The number of halogens is 1. The number of amidine groups is 1. The van der Waals surface area contributed by atoms with Gasteiger partial charge in [-0.1, -0.05) is 73.1 Å². The molecule has 0 aromatic heterocycles. The van der Waals surface area contributed by atoms with Gasteiger partial charge in [0.2, 0.25) is 0 Å². The molecule has 28 heavy (non-hydrogen) atoms. The molecule has 0 N–H and O–H groups in total. The van der Waals surface area contributed by atoms with E-state index in [1.54, 1.807) is 6.08 Å². The summed E-state index contributed by atoms with van der Waals surface area (Å²) in [5, 5.41) is 9.22. The molecule has 0 atom stereocenters. The molecule has 3 rings (SSSR count). The second kappa shape index (κ2) is 8.28. The summed E-state index contributed by atoms with van der Waals surface area (Å²) in [5.74, 6) is 1.05. The number of benzene rings is 1. The number of amides is 1. The highest BCUT2D eigenvalue weighted by Crippen LogP contribution is 2.39. The van der Waals surface area contributed by atoms with Crippen LogP contribution in [0, 0.1) is 11.3 Å². The van der Waals surface area contributed by atoms with Crippen molar-refractivity contribution >= 4 is 33.2 Å². The van der Waals surface area contributed by atoms with Gasteiger partial charge in [0.1, 0.15) is 11.4 Å². The molecule has 5 heteroatoms. The molecule has 144 valence electrons. The van der Waals surface area contributed by atoms with E-state index in [0.29, 0.717) is 16.6 Å². The van der Waals surface area contributed by atoms with Crippen molar-refractivity contribution in [2.75, 3.05) is 0 Å². The second-order valence-electron chi connectivity index (χ2n) is 7.30. The lowest BCUT2D eigenvalue weighted by Crippen LogP contribution is -2.40. The number of carbonyl (C=O) groups is 1. The van der Waals surface area contributed by atoms with E-state index in [9.17, 15) is 10.1 Å². The third-order valence-corrected chi connectivity index (χ3v) is 5.64. The van der Waals surface area contributed by atoms with Gasteiger partial charge in [-0.3, -0.25) is 14.7 Å². The Kier molecular flexibility index (Phi) is 6.00. The third-order valence-electron chi connectivity index (χ3n) is 5.41. The first kappa shape index (κ1) is 20.3. The van der Waals surface area contributed by atoms with E-state index >= 15 is 0 Å². The zero-order valence-corrected chi connectivity index (χ0v) is 17.8. The van der Waals surface area contributed by atoms with Crippen molar-refractivity contribution in [2.45, 2.75) is 51.1 Å². The summed E-state index contributed by atoms with van der Waals surface area (Å²) in [6, 6.07) is 9.98. The average Bonchev–Trinajstić information content (AvgIpc) is 3.27. The maximum atomic E-state index is 13.1. The highest BCUT2D eigenvalue weighted by Gasteiger charge is 2.49. The smallest absolute Gasteiger partial charge is 0.256 e. The van der Waals surface area contributed by atoms with E-state index in [4.69, 9.17) is 4.99 Å². The summed E-state index contributed by atoms with van der Waals surface area (Å²) in [5.41, 5.74) is 2.54. The Balaban J connectivity index is 1.82. The van der Waals surface area contributed by atoms with E-state index < -0.39 is 5.54 Å². The molecule has 1 saturated carbocycles. The van der Waals surface area contributed by atoms with Crippen molar-refractivity contribution in [3.8, 4) is 6.07 Å². The van der Waals surface area contributed by atoms with E-state index in [-0.39, 0.29) is 5.91 Å². The summed E-state index contributed by atoms with van der Waals surface area (Å²) in [4.78, 5) is 19.8. The van der Waals surface area contributed by atoms with Gasteiger partial charge in [-0.15, -0.1) is 0 Å². The SMILES string of the molecule is C=C(Br)/C=C(\C(=C)C#N)c1ccc(CN2C(=O)C3(CCCC3)N=C2CC)cc1. The molecule has 1 aromatic rings. The predicted molar refractivity (Wildman–Crippen MR) is 117 cm³/mol. The molecule has 4 nitrogen and oxygen atoms in total. The number of hydrogen-bond donors (Lipinski definition) is 0. The predicted octanol–water partition coefficient (Wildman–Crippen LogP) is 5.52. The van der Waals surface area contributed by atoms with Crippen LogP contribution < -0.4 is 0 Å². The van der Waals surface area contributed by atoms with Crippen LogP contribution in [0.15, 0.2) is 58.5 Å². The molecule has 0 radical (unpaired) electrons. The van der Waals surface area contributed by atoms with E-state index in [2.05, 4.69) is 35.2 Å². The van der Waals surface area contributed by atoms with E-state index in [0.717, 1.165) is 54.6 Å². The maximum absolute atomic E-state index is 13.1. The summed E-state index contributed by atoms with van der Waals surface area (Å²) < 4.78 is 0.677. The van der Waals surface area contributed by atoms with Crippen molar-refractivity contribution in [3.05, 3.63) is 64.7 Å². The Morgan fingerprint density at radius 1 is 1.32 bits per heavy atom.